The summed E-state index contributed by atoms with van der Waals surface area (Å²) in [5.74, 6) is 2.52. The van der Waals surface area contributed by atoms with Crippen LogP contribution in [-0.4, -0.2) is 65.1 Å². The lowest BCUT2D eigenvalue weighted by atomic mass is 10.0. The number of piperazine rings is 1. The number of aromatic nitrogens is 2. The SMILES string of the molecule is CCN1CCc2c(sc3nc(CC(C)C)nc(N4CCN(C(=O)Nc5cccc(C)c5C)CC4)c23)C1. The van der Waals surface area contributed by atoms with E-state index in [0.29, 0.717) is 19.0 Å². The third kappa shape index (κ3) is 4.93. The number of anilines is 2. The number of aryl methyl sites for hydroxylation is 1. The standard InChI is InChI=1S/C28H38N6OS/c1-6-32-11-10-21-23(17-32)36-27-25(21)26(30-24(31-27)16-18(2)3)33-12-14-34(15-13-33)28(35)29-22-9-7-8-19(4)20(22)5/h7-9,18H,6,10-17H2,1-5H3,(H,29,35). The quantitative estimate of drug-likeness (QED) is 0.513. The first-order valence-electron chi connectivity index (χ1n) is 13.2. The molecule has 4 heterocycles. The van der Waals surface area contributed by atoms with Crippen LogP contribution in [0.4, 0.5) is 16.3 Å². The summed E-state index contributed by atoms with van der Waals surface area (Å²) in [6.45, 7) is 16.9. The van der Waals surface area contributed by atoms with Crippen LogP contribution >= 0.6 is 11.3 Å². The lowest BCUT2D eigenvalue weighted by Crippen LogP contribution is -2.50. The number of hydrogen-bond acceptors (Lipinski definition) is 6. The predicted octanol–water partition coefficient (Wildman–Crippen LogP) is 5.24. The van der Waals surface area contributed by atoms with Gasteiger partial charge in [0, 0.05) is 56.3 Å². The molecule has 0 atom stereocenters. The summed E-state index contributed by atoms with van der Waals surface area (Å²) in [6.07, 6.45) is 1.94. The molecule has 2 aromatic heterocycles. The van der Waals surface area contributed by atoms with Crippen LogP contribution in [0.25, 0.3) is 10.2 Å². The first-order valence-corrected chi connectivity index (χ1v) is 14.1. The summed E-state index contributed by atoms with van der Waals surface area (Å²) in [4.78, 5) is 32.6. The van der Waals surface area contributed by atoms with Crippen molar-refractivity contribution >= 4 is 39.1 Å². The van der Waals surface area contributed by atoms with Crippen molar-refractivity contribution < 1.29 is 4.79 Å². The Bertz CT molecular complexity index is 1260. The van der Waals surface area contributed by atoms with Crippen molar-refractivity contribution in [1.29, 1.82) is 0 Å². The van der Waals surface area contributed by atoms with Gasteiger partial charge in [-0.25, -0.2) is 14.8 Å². The molecule has 0 spiro atoms. The van der Waals surface area contributed by atoms with Crippen molar-refractivity contribution in [2.45, 2.75) is 54.0 Å². The Morgan fingerprint density at radius 2 is 1.89 bits per heavy atom. The number of urea groups is 1. The van der Waals surface area contributed by atoms with E-state index in [-0.39, 0.29) is 6.03 Å². The number of hydrogen-bond donors (Lipinski definition) is 1. The van der Waals surface area contributed by atoms with E-state index >= 15 is 0 Å². The maximum Gasteiger partial charge on any atom is 0.321 e. The third-order valence-electron chi connectivity index (χ3n) is 7.56. The molecule has 2 amide bonds. The zero-order valence-corrected chi connectivity index (χ0v) is 23.0. The molecule has 7 nitrogen and oxygen atoms in total. The number of nitrogens with one attached hydrogen (secondary N) is 1. The Morgan fingerprint density at radius 1 is 1.11 bits per heavy atom. The second-order valence-corrected chi connectivity index (χ2v) is 11.6. The summed E-state index contributed by atoms with van der Waals surface area (Å²) in [6, 6.07) is 6.02. The van der Waals surface area contributed by atoms with Crippen molar-refractivity contribution in [1.82, 2.24) is 19.8 Å². The number of likely N-dealkylation sites (N-methyl/N-ethyl adjacent to an activating group) is 1. The maximum absolute atomic E-state index is 13.0. The van der Waals surface area contributed by atoms with Crippen LogP contribution in [0.5, 0.6) is 0 Å². The third-order valence-corrected chi connectivity index (χ3v) is 8.67. The zero-order chi connectivity index (χ0) is 25.4. The summed E-state index contributed by atoms with van der Waals surface area (Å²) in [5.41, 5.74) is 4.64. The topological polar surface area (TPSA) is 64.6 Å². The van der Waals surface area contributed by atoms with Gasteiger partial charge in [-0.05, 0) is 55.5 Å². The van der Waals surface area contributed by atoms with Crippen LogP contribution in [0.1, 0.15) is 48.2 Å². The molecule has 2 aliphatic heterocycles. The Kier molecular flexibility index (Phi) is 7.17. The summed E-state index contributed by atoms with van der Waals surface area (Å²) >= 11 is 1.85. The summed E-state index contributed by atoms with van der Waals surface area (Å²) in [5, 5.41) is 4.38. The highest BCUT2D eigenvalue weighted by Crippen LogP contribution is 2.39. The largest absolute Gasteiger partial charge is 0.352 e. The number of thiophene rings is 1. The molecule has 0 unspecified atom stereocenters. The van der Waals surface area contributed by atoms with Crippen LogP contribution in [0, 0.1) is 19.8 Å². The second kappa shape index (κ2) is 10.3. The lowest BCUT2D eigenvalue weighted by molar-refractivity contribution is 0.208. The van der Waals surface area contributed by atoms with E-state index in [2.05, 4.69) is 55.8 Å². The highest BCUT2D eigenvalue weighted by molar-refractivity contribution is 7.19. The second-order valence-electron chi connectivity index (χ2n) is 10.5. The lowest BCUT2D eigenvalue weighted by Gasteiger charge is -2.36. The highest BCUT2D eigenvalue weighted by atomic mass is 32.1. The number of carbonyl (C=O) groups excluding carboxylic acids is 1. The molecule has 0 radical (unpaired) electrons. The van der Waals surface area contributed by atoms with Crippen LogP contribution in [0.15, 0.2) is 18.2 Å². The molecule has 0 aliphatic carbocycles. The van der Waals surface area contributed by atoms with Crippen LogP contribution < -0.4 is 10.2 Å². The molecule has 1 N–H and O–H groups in total. The maximum atomic E-state index is 13.0. The molecule has 1 saturated heterocycles. The Labute approximate surface area is 218 Å². The minimum atomic E-state index is -0.0238. The number of nitrogens with zero attached hydrogens (tertiary/aromatic N) is 5. The molecular weight excluding hydrogens is 468 g/mol. The van der Waals surface area contributed by atoms with Gasteiger partial charge in [-0.2, -0.15) is 0 Å². The van der Waals surface area contributed by atoms with Crippen molar-refractivity contribution in [3.63, 3.8) is 0 Å². The van der Waals surface area contributed by atoms with Gasteiger partial charge in [0.25, 0.3) is 0 Å². The van der Waals surface area contributed by atoms with E-state index < -0.39 is 0 Å². The smallest absolute Gasteiger partial charge is 0.321 e. The molecule has 5 rings (SSSR count). The van der Waals surface area contributed by atoms with Crippen LogP contribution in [-0.2, 0) is 19.4 Å². The van der Waals surface area contributed by atoms with Gasteiger partial charge in [0.05, 0.1) is 5.39 Å². The van der Waals surface area contributed by atoms with E-state index in [4.69, 9.17) is 9.97 Å². The highest BCUT2D eigenvalue weighted by Gasteiger charge is 2.29. The monoisotopic (exact) mass is 506 g/mol. The van der Waals surface area contributed by atoms with Crippen molar-refractivity contribution in [3.8, 4) is 0 Å². The molecular formula is C28H38N6OS. The molecule has 192 valence electrons. The van der Waals surface area contributed by atoms with Crippen molar-refractivity contribution in [2.75, 3.05) is 49.5 Å². The van der Waals surface area contributed by atoms with Gasteiger partial charge in [-0.1, -0.05) is 32.9 Å². The van der Waals surface area contributed by atoms with E-state index in [1.54, 1.807) is 0 Å². The van der Waals surface area contributed by atoms with Crippen molar-refractivity contribution in [2.24, 2.45) is 5.92 Å². The van der Waals surface area contributed by atoms with Gasteiger partial charge in [0.15, 0.2) is 0 Å². The van der Waals surface area contributed by atoms with E-state index in [1.807, 2.05) is 28.4 Å². The van der Waals surface area contributed by atoms with E-state index in [1.165, 1.54) is 21.4 Å². The van der Waals surface area contributed by atoms with Crippen molar-refractivity contribution in [3.05, 3.63) is 45.6 Å². The van der Waals surface area contributed by atoms with Gasteiger partial charge in [-0.3, -0.25) is 4.90 Å². The molecule has 3 aromatic rings. The van der Waals surface area contributed by atoms with Gasteiger partial charge in [0.1, 0.15) is 16.5 Å². The Balaban J connectivity index is 1.38. The first-order chi connectivity index (χ1) is 17.3. The van der Waals surface area contributed by atoms with Gasteiger partial charge in [0.2, 0.25) is 0 Å². The van der Waals surface area contributed by atoms with Gasteiger partial charge < -0.3 is 15.1 Å². The fourth-order valence-electron chi connectivity index (χ4n) is 5.23. The normalized spacial score (nSPS) is 16.6. The molecule has 0 bridgehead atoms. The molecule has 2 aliphatic rings. The number of amides is 2. The molecule has 0 saturated carbocycles. The average molecular weight is 507 g/mol. The fourth-order valence-corrected chi connectivity index (χ4v) is 6.50. The molecule has 8 heteroatoms. The fraction of sp³-hybridized carbons (Fsp3) is 0.536. The minimum Gasteiger partial charge on any atom is -0.352 e. The zero-order valence-electron chi connectivity index (χ0n) is 22.2. The van der Waals surface area contributed by atoms with Gasteiger partial charge >= 0.3 is 6.03 Å². The molecule has 1 aromatic carbocycles. The Morgan fingerprint density at radius 3 is 2.61 bits per heavy atom. The minimum absolute atomic E-state index is 0.0238. The number of fused-ring (bicyclic) bond motifs is 3. The van der Waals surface area contributed by atoms with E-state index in [0.717, 1.165) is 73.3 Å². The number of rotatable bonds is 5. The molecule has 1 fully saturated rings. The Hall–Kier alpha value is -2.71. The summed E-state index contributed by atoms with van der Waals surface area (Å²) in [7, 11) is 0. The predicted molar refractivity (Wildman–Crippen MR) is 149 cm³/mol. The number of carbonyl (C=O) groups is 1. The van der Waals surface area contributed by atoms with Gasteiger partial charge in [-0.15, -0.1) is 11.3 Å². The number of benzene rings is 1. The van der Waals surface area contributed by atoms with E-state index in [9.17, 15) is 4.79 Å². The average Bonchev–Trinajstić information content (AvgIpc) is 3.23. The molecule has 36 heavy (non-hydrogen) atoms. The van der Waals surface area contributed by atoms with Crippen LogP contribution in [0.2, 0.25) is 0 Å². The first kappa shape index (κ1) is 25.0. The van der Waals surface area contributed by atoms with Crippen LogP contribution in [0.3, 0.4) is 0 Å². The summed E-state index contributed by atoms with van der Waals surface area (Å²) < 4.78 is 0.